The van der Waals surface area contributed by atoms with Crippen LogP contribution in [0.5, 0.6) is 0 Å². The number of halogens is 2. The van der Waals surface area contributed by atoms with E-state index in [1.165, 1.54) is 18.2 Å². The normalized spacial score (nSPS) is 17.0. The van der Waals surface area contributed by atoms with E-state index >= 15 is 0 Å². The number of nitrogens with zero attached hydrogens (tertiary/aromatic N) is 2. The number of amides is 5. The molecule has 5 amide bonds. The number of imide groups is 2. The van der Waals surface area contributed by atoms with E-state index in [2.05, 4.69) is 26.5 Å². The van der Waals surface area contributed by atoms with Crippen LogP contribution in [-0.4, -0.2) is 30.0 Å². The van der Waals surface area contributed by atoms with Crippen molar-refractivity contribution in [3.8, 4) is 0 Å². The number of urea groups is 1. The topological polar surface area (TPSA) is 108 Å². The lowest BCUT2D eigenvalue weighted by molar-refractivity contribution is -0.131. The summed E-state index contributed by atoms with van der Waals surface area (Å²) in [5.41, 5.74) is 2.20. The van der Waals surface area contributed by atoms with Gasteiger partial charge in [-0.15, -0.1) is 0 Å². The van der Waals surface area contributed by atoms with Gasteiger partial charge in [0.1, 0.15) is 5.82 Å². The molecule has 1 atom stereocenters. The van der Waals surface area contributed by atoms with Crippen molar-refractivity contribution >= 4 is 51.6 Å². The van der Waals surface area contributed by atoms with Crippen molar-refractivity contribution in [1.82, 2.24) is 10.7 Å². The van der Waals surface area contributed by atoms with Crippen LogP contribution in [0.3, 0.4) is 0 Å². The third-order valence-corrected chi connectivity index (χ3v) is 4.32. The molecule has 1 heterocycles. The molecule has 2 aromatic carbocycles. The van der Waals surface area contributed by atoms with E-state index in [1.807, 2.05) is 5.32 Å². The summed E-state index contributed by atoms with van der Waals surface area (Å²) in [6.07, 6.45) is 0.884. The molecule has 1 fully saturated rings. The Kier molecular flexibility index (Phi) is 5.59. The van der Waals surface area contributed by atoms with Crippen LogP contribution in [0, 0.1) is 11.7 Å². The fourth-order valence-electron chi connectivity index (χ4n) is 2.42. The molecule has 0 bridgehead atoms. The minimum atomic E-state index is -1.51. The largest absolute Gasteiger partial charge is 0.335 e. The van der Waals surface area contributed by atoms with Crippen molar-refractivity contribution in [3.63, 3.8) is 0 Å². The molecule has 8 nitrogen and oxygen atoms in total. The summed E-state index contributed by atoms with van der Waals surface area (Å²) in [6, 6.07) is 10.5. The van der Waals surface area contributed by atoms with Crippen molar-refractivity contribution in [2.75, 3.05) is 4.90 Å². The molecule has 2 N–H and O–H groups in total. The highest BCUT2D eigenvalue weighted by Crippen LogP contribution is 2.23. The Balaban J connectivity index is 1.76. The Hall–Kier alpha value is -3.40. The van der Waals surface area contributed by atoms with Crippen molar-refractivity contribution in [2.45, 2.75) is 0 Å². The maximum atomic E-state index is 14.0. The van der Waals surface area contributed by atoms with E-state index in [-0.39, 0.29) is 5.69 Å². The van der Waals surface area contributed by atoms with E-state index in [1.54, 1.807) is 24.3 Å². The number of rotatable bonds is 4. The summed E-state index contributed by atoms with van der Waals surface area (Å²) >= 11 is 3.25. The minimum Gasteiger partial charge on any atom is -0.276 e. The average molecular weight is 447 g/mol. The van der Waals surface area contributed by atoms with Crippen molar-refractivity contribution in [3.05, 3.63) is 64.4 Å². The number of hydrogen-bond acceptors (Lipinski definition) is 5. The number of anilines is 1. The van der Waals surface area contributed by atoms with Crippen molar-refractivity contribution in [2.24, 2.45) is 11.0 Å². The lowest BCUT2D eigenvalue weighted by Gasteiger charge is -2.28. The average Bonchev–Trinajstić information content (AvgIpc) is 2.66. The van der Waals surface area contributed by atoms with Gasteiger partial charge in [0.2, 0.25) is 5.91 Å². The second kappa shape index (κ2) is 8.09. The number of benzene rings is 2. The van der Waals surface area contributed by atoms with Gasteiger partial charge in [-0.05, 0) is 36.4 Å². The first kappa shape index (κ1) is 19.4. The molecule has 2 aromatic rings. The van der Waals surface area contributed by atoms with Crippen LogP contribution < -0.4 is 15.6 Å². The smallest absolute Gasteiger partial charge is 0.276 e. The summed E-state index contributed by atoms with van der Waals surface area (Å²) in [7, 11) is 0. The Labute approximate surface area is 166 Å². The molecule has 1 aliphatic heterocycles. The number of carbonyl (C=O) groups is 4. The fourth-order valence-corrected chi connectivity index (χ4v) is 2.68. The molecule has 0 unspecified atom stereocenters. The molecule has 0 aliphatic carbocycles. The second-order valence-electron chi connectivity index (χ2n) is 5.62. The highest BCUT2D eigenvalue weighted by atomic mass is 79.9. The van der Waals surface area contributed by atoms with Gasteiger partial charge in [-0.2, -0.15) is 5.10 Å². The van der Waals surface area contributed by atoms with Crippen LogP contribution in [0.15, 0.2) is 58.1 Å². The van der Waals surface area contributed by atoms with Gasteiger partial charge >= 0.3 is 6.03 Å². The third-order valence-electron chi connectivity index (χ3n) is 3.79. The fraction of sp³-hybridized carbons (Fsp3) is 0.0556. The summed E-state index contributed by atoms with van der Waals surface area (Å²) in [5.74, 6) is -4.79. The maximum absolute atomic E-state index is 14.0. The number of barbiturate groups is 1. The Morgan fingerprint density at radius 1 is 1.14 bits per heavy atom. The molecule has 0 radical (unpaired) electrons. The monoisotopic (exact) mass is 446 g/mol. The van der Waals surface area contributed by atoms with Crippen LogP contribution >= 0.6 is 15.9 Å². The second-order valence-corrected chi connectivity index (χ2v) is 6.54. The van der Waals surface area contributed by atoms with Crippen LogP contribution in [0.2, 0.25) is 0 Å². The predicted octanol–water partition coefficient (Wildman–Crippen LogP) is 2.20. The lowest BCUT2D eigenvalue weighted by atomic mass is 10.1. The van der Waals surface area contributed by atoms with Crippen LogP contribution in [0.4, 0.5) is 14.9 Å². The first-order valence-corrected chi connectivity index (χ1v) is 8.70. The van der Waals surface area contributed by atoms with E-state index in [0.29, 0.717) is 10.5 Å². The molecular weight excluding hydrogens is 435 g/mol. The Morgan fingerprint density at radius 3 is 2.50 bits per heavy atom. The number of hydrazone groups is 1. The minimum absolute atomic E-state index is 0.296. The molecule has 3 rings (SSSR count). The number of nitrogens with one attached hydrogen (secondary N) is 2. The summed E-state index contributed by atoms with van der Waals surface area (Å²) < 4.78 is 14.8. The van der Waals surface area contributed by atoms with Gasteiger partial charge in [0.25, 0.3) is 11.8 Å². The van der Waals surface area contributed by atoms with Crippen molar-refractivity contribution in [1.29, 1.82) is 0 Å². The number of hydrogen-bond donors (Lipinski definition) is 2. The van der Waals surface area contributed by atoms with Gasteiger partial charge in [0.15, 0.2) is 5.92 Å². The zero-order valence-corrected chi connectivity index (χ0v) is 15.6. The van der Waals surface area contributed by atoms with Crippen LogP contribution in [0.1, 0.15) is 10.4 Å². The molecule has 1 saturated heterocycles. The van der Waals surface area contributed by atoms with Crippen LogP contribution in [0.25, 0.3) is 0 Å². The summed E-state index contributed by atoms with van der Waals surface area (Å²) in [4.78, 5) is 49.0. The van der Waals surface area contributed by atoms with Gasteiger partial charge in [-0.1, -0.05) is 28.1 Å². The first-order valence-electron chi connectivity index (χ1n) is 7.91. The van der Waals surface area contributed by atoms with Crippen molar-refractivity contribution < 1.29 is 23.6 Å². The summed E-state index contributed by atoms with van der Waals surface area (Å²) in [6.45, 7) is 0. The zero-order chi connectivity index (χ0) is 20.3. The first-order chi connectivity index (χ1) is 13.4. The van der Waals surface area contributed by atoms with Gasteiger partial charge in [-0.25, -0.2) is 19.5 Å². The highest BCUT2D eigenvalue weighted by molar-refractivity contribution is 9.10. The SMILES string of the molecule is O=C(N/N=C\[C@H]1C(=O)NC(=O)N(c2ccccc2F)C1=O)c1ccc(Br)cc1. The quantitative estimate of drug-likeness (QED) is 0.426. The van der Waals surface area contributed by atoms with E-state index in [0.717, 1.165) is 16.8 Å². The van der Waals surface area contributed by atoms with Gasteiger partial charge in [0, 0.05) is 16.3 Å². The molecule has 142 valence electrons. The molecule has 0 saturated carbocycles. The maximum Gasteiger partial charge on any atom is 0.335 e. The van der Waals surface area contributed by atoms with Gasteiger partial charge in [0.05, 0.1) is 5.69 Å². The van der Waals surface area contributed by atoms with E-state index in [9.17, 15) is 23.6 Å². The van der Waals surface area contributed by atoms with Crippen LogP contribution in [-0.2, 0) is 9.59 Å². The summed E-state index contributed by atoms with van der Waals surface area (Å²) in [5, 5.41) is 5.58. The molecule has 28 heavy (non-hydrogen) atoms. The standard InChI is InChI=1S/C18H12BrFN4O4/c19-11-7-5-10(6-8-11)15(25)23-21-9-12-16(26)22-18(28)24(17(12)27)14-4-2-1-3-13(14)20/h1-9,12H,(H,23,25)(H,22,26,28)/b21-9-/t12-/m0/s1. The van der Waals surface area contributed by atoms with Gasteiger partial charge < -0.3 is 0 Å². The number of carbonyl (C=O) groups excluding carboxylic acids is 4. The zero-order valence-electron chi connectivity index (χ0n) is 14.1. The third kappa shape index (κ3) is 3.96. The molecular formula is C18H12BrFN4O4. The molecule has 0 aromatic heterocycles. The Morgan fingerprint density at radius 2 is 1.82 bits per heavy atom. The van der Waals surface area contributed by atoms with E-state index < -0.39 is 35.5 Å². The molecule has 1 aliphatic rings. The Bertz CT molecular complexity index is 993. The molecule has 10 heteroatoms. The molecule has 0 spiro atoms. The number of para-hydroxylation sites is 1. The highest BCUT2D eigenvalue weighted by Gasteiger charge is 2.41. The lowest BCUT2D eigenvalue weighted by Crippen LogP contribution is -2.59. The van der Waals surface area contributed by atoms with E-state index in [4.69, 9.17) is 0 Å². The predicted molar refractivity (Wildman–Crippen MR) is 101 cm³/mol. The van der Waals surface area contributed by atoms with Gasteiger partial charge in [-0.3, -0.25) is 19.7 Å².